The van der Waals surface area contributed by atoms with Crippen LogP contribution < -0.4 is 20.7 Å². The normalized spacial score (nSPS) is 16.2. The molecule has 0 N–H and O–H groups in total. The monoisotopic (exact) mass is 1010 g/mol. The van der Waals surface area contributed by atoms with Crippen molar-refractivity contribution in [1.29, 1.82) is 0 Å². The quantitative estimate of drug-likeness (QED) is 0.116. The third kappa shape index (κ3) is 5.54. The molecule has 4 heterocycles. The van der Waals surface area contributed by atoms with Gasteiger partial charge in [0.25, 0.3) is 0 Å². The Kier molecular flexibility index (Phi) is 6.18. The Labute approximate surface area is 468 Å². The molecule has 0 bridgehead atoms. The number of nitrogens with zero attached hydrogens (tertiary/aromatic N) is 3. The van der Waals surface area contributed by atoms with Gasteiger partial charge in [-0.15, -0.1) is 0 Å². The molecule has 0 amide bonds. The summed E-state index contributed by atoms with van der Waals surface area (Å²) in [5.41, 5.74) is 6.71. The molecule has 1 aliphatic heterocycles. The van der Waals surface area contributed by atoms with E-state index in [4.69, 9.17) is 11.0 Å². The first-order valence-corrected chi connectivity index (χ1v) is 27.5. The van der Waals surface area contributed by atoms with Gasteiger partial charge in [0.05, 0.1) is 66.1 Å². The maximum absolute atomic E-state index is 9.73. The molecule has 4 heteroatoms. The summed E-state index contributed by atoms with van der Waals surface area (Å²) >= 11 is 0. The second-order valence-electron chi connectivity index (χ2n) is 19.9. The Bertz CT molecular complexity index is 5610. The molecule has 17 rings (SSSR count). The Hall–Kier alpha value is -9.74. The lowest BCUT2D eigenvalue weighted by Crippen LogP contribution is -2.74. The molecule has 2 aliphatic rings. The number of para-hydroxylation sites is 4. The minimum absolute atomic E-state index is 0.0672. The summed E-state index contributed by atoms with van der Waals surface area (Å²) in [6.07, 6.45) is 0. The van der Waals surface area contributed by atoms with Crippen LogP contribution in [0.3, 0.4) is 0 Å². The van der Waals surface area contributed by atoms with Crippen molar-refractivity contribution in [3.8, 4) is 28.2 Å². The van der Waals surface area contributed by atoms with Crippen LogP contribution in [0.2, 0.25) is 0 Å². The topological polar surface area (TPSA) is 14.8 Å². The van der Waals surface area contributed by atoms with Crippen LogP contribution >= 0.6 is 0 Å². The molecule has 15 aromatic rings. The maximum atomic E-state index is 9.73. The summed E-state index contributed by atoms with van der Waals surface area (Å²) in [4.78, 5) is 0. The average Bonchev–Trinajstić information content (AvgIpc) is 1.54. The van der Waals surface area contributed by atoms with Gasteiger partial charge in [0.15, 0.2) is 8.07 Å². The molecule has 3 nitrogen and oxygen atoms in total. The first-order chi connectivity index (χ1) is 44.9. The van der Waals surface area contributed by atoms with Gasteiger partial charge < -0.3 is 13.7 Å². The standard InChI is InChI=1S/C73H47N3Si/c1-4-22-50(23-5-1)77(51-24-6-2-7-25-51,52-26-8-3-9-27-52)53-41-42-64-71(47-53)76-70-43-40-48(74-66-36-18-12-30-56(66)57-31-13-19-37-67(57)74)44-60(70)61-45-49(75-68-38-20-14-32-58(68)59-33-15-21-39-69(59)75)46-65(72(61)76)73(64)62-34-16-10-28-54(62)55-29-11-17-35-63(55)73/h1-47H/i12D,13D,14D,15D,18D,19D,20D,21D,30D,31D,32D,33D,36D,37D,38D,39D. The van der Waals surface area contributed by atoms with Crippen LogP contribution in [0.25, 0.3) is 93.6 Å². The van der Waals surface area contributed by atoms with E-state index in [0.29, 0.717) is 27.5 Å². The van der Waals surface area contributed by atoms with Crippen molar-refractivity contribution in [2.24, 2.45) is 0 Å². The van der Waals surface area contributed by atoms with Gasteiger partial charge in [0, 0.05) is 43.7 Å². The highest BCUT2D eigenvalue weighted by molar-refractivity contribution is 7.19. The zero-order chi connectivity index (χ0) is 64.3. The summed E-state index contributed by atoms with van der Waals surface area (Å²) < 4.78 is 153. The van der Waals surface area contributed by atoms with Crippen molar-refractivity contribution < 1.29 is 21.9 Å². The van der Waals surface area contributed by atoms with Crippen LogP contribution in [0.1, 0.15) is 44.2 Å². The van der Waals surface area contributed by atoms with Gasteiger partial charge in [-0.2, -0.15) is 0 Å². The molecule has 1 aliphatic carbocycles. The second kappa shape index (κ2) is 15.9. The number of rotatable bonds is 6. The Balaban J connectivity index is 1.12. The molecular formula is C73H47N3Si. The van der Waals surface area contributed by atoms with E-state index in [1.54, 1.807) is 10.6 Å². The predicted octanol–water partition coefficient (Wildman–Crippen LogP) is 15.0. The molecule has 0 unspecified atom stereocenters. The molecule has 358 valence electrons. The van der Waals surface area contributed by atoms with Crippen LogP contribution in [-0.4, -0.2) is 21.8 Å². The van der Waals surface area contributed by atoms with E-state index in [1.165, 1.54) is 4.57 Å². The van der Waals surface area contributed by atoms with Crippen molar-refractivity contribution in [2.75, 3.05) is 0 Å². The molecule has 12 aromatic carbocycles. The summed E-state index contributed by atoms with van der Waals surface area (Å²) in [5, 5.41) is 5.27. The lowest BCUT2D eigenvalue weighted by Gasteiger charge is -2.41. The van der Waals surface area contributed by atoms with Gasteiger partial charge in [-0.25, -0.2) is 0 Å². The first-order valence-electron chi connectivity index (χ1n) is 33.5. The van der Waals surface area contributed by atoms with E-state index in [9.17, 15) is 11.0 Å². The molecule has 3 aromatic heterocycles. The van der Waals surface area contributed by atoms with E-state index in [1.807, 2.05) is 66.7 Å². The average molecular weight is 1010 g/mol. The van der Waals surface area contributed by atoms with Gasteiger partial charge in [0.1, 0.15) is 0 Å². The summed E-state index contributed by atoms with van der Waals surface area (Å²) in [6, 6.07) is 56.3. The molecule has 0 radical (unpaired) electrons. The molecule has 0 atom stereocenters. The number of aromatic nitrogens is 3. The maximum Gasteiger partial charge on any atom is 0.179 e. The van der Waals surface area contributed by atoms with E-state index in [2.05, 4.69) is 120 Å². The van der Waals surface area contributed by atoms with Crippen molar-refractivity contribution in [3.63, 3.8) is 0 Å². The van der Waals surface area contributed by atoms with Crippen LogP contribution in [0, 0.1) is 0 Å². The number of hydrogen-bond acceptors (Lipinski definition) is 0. The summed E-state index contributed by atoms with van der Waals surface area (Å²) in [5.74, 6) is 0. The van der Waals surface area contributed by atoms with Crippen molar-refractivity contribution in [1.82, 2.24) is 13.7 Å². The fraction of sp³-hybridized carbons (Fsp3) is 0.0137. The van der Waals surface area contributed by atoms with Crippen molar-refractivity contribution in [3.05, 3.63) is 307 Å². The molecule has 1 spiro atoms. The van der Waals surface area contributed by atoms with E-state index >= 15 is 0 Å². The smallest absolute Gasteiger partial charge is 0.179 e. The van der Waals surface area contributed by atoms with Gasteiger partial charge in [-0.05, 0) is 115 Å². The molecule has 77 heavy (non-hydrogen) atoms. The first kappa shape index (κ1) is 30.0. The fourth-order valence-electron chi connectivity index (χ4n) is 13.6. The number of benzene rings is 12. The van der Waals surface area contributed by atoms with Crippen LogP contribution in [-0.2, 0) is 5.41 Å². The van der Waals surface area contributed by atoms with E-state index in [-0.39, 0.29) is 49.3 Å². The lowest BCUT2D eigenvalue weighted by atomic mass is 9.65. The molecule has 0 saturated carbocycles. The minimum atomic E-state index is -3.31. The molecular weight excluding hydrogens is 947 g/mol. The van der Waals surface area contributed by atoms with Crippen LogP contribution in [0.15, 0.2) is 285 Å². The van der Waals surface area contributed by atoms with E-state index < -0.39 is 110 Å². The Morgan fingerprint density at radius 2 is 0.740 bits per heavy atom. The zero-order valence-corrected chi connectivity index (χ0v) is 41.7. The van der Waals surface area contributed by atoms with E-state index in [0.717, 1.165) is 59.8 Å². The summed E-state index contributed by atoms with van der Waals surface area (Å²) in [6.45, 7) is 0. The molecule has 0 fully saturated rings. The van der Waals surface area contributed by atoms with Gasteiger partial charge in [-0.3, -0.25) is 0 Å². The van der Waals surface area contributed by atoms with Crippen molar-refractivity contribution >= 4 is 94.2 Å². The highest BCUT2D eigenvalue weighted by atomic mass is 28.3. The zero-order valence-electron chi connectivity index (χ0n) is 56.7. The highest BCUT2D eigenvalue weighted by Crippen LogP contribution is 2.61. The second-order valence-corrected chi connectivity index (χ2v) is 23.7. The fourth-order valence-corrected chi connectivity index (χ4v) is 18.3. The summed E-state index contributed by atoms with van der Waals surface area (Å²) in [7, 11) is -3.31. The van der Waals surface area contributed by atoms with Gasteiger partial charge >= 0.3 is 0 Å². The number of fused-ring (bicyclic) bond motifs is 18. The lowest BCUT2D eigenvalue weighted by molar-refractivity contribution is 0.748. The predicted molar refractivity (Wildman–Crippen MR) is 324 cm³/mol. The SMILES string of the molecule is [2H]c1c([2H])c([2H])c2c(c1[2H])c1c([2H])c([2H])c([2H])c([2H])c1n2-c1ccc2c(c1)c1cc(-n3c4c([2H])c([2H])c([2H])c([2H])c4c4c([2H])c([2H])c([2H])c([2H])c43)cc3c1n2-c1cc([Si](c2ccccc2)(c2ccccc2)c2ccccc2)ccc1C31c2ccccc2-c2ccccc21. The highest BCUT2D eigenvalue weighted by Gasteiger charge is 2.52. The largest absolute Gasteiger partial charge is 0.309 e. The Morgan fingerprint density at radius 3 is 1.25 bits per heavy atom. The third-order valence-corrected chi connectivity index (χ3v) is 21.2. The van der Waals surface area contributed by atoms with Crippen molar-refractivity contribution in [2.45, 2.75) is 5.41 Å². The Morgan fingerprint density at radius 1 is 0.299 bits per heavy atom. The van der Waals surface area contributed by atoms with Gasteiger partial charge in [0.2, 0.25) is 0 Å². The third-order valence-electron chi connectivity index (χ3n) is 16.5. The van der Waals surface area contributed by atoms with Crippen LogP contribution in [0.4, 0.5) is 0 Å². The van der Waals surface area contributed by atoms with Gasteiger partial charge in [-0.1, -0.05) is 224 Å². The minimum Gasteiger partial charge on any atom is -0.309 e. The van der Waals surface area contributed by atoms with Crippen LogP contribution in [0.5, 0.6) is 0 Å². The number of hydrogen-bond donors (Lipinski definition) is 0. The molecule has 0 saturated heterocycles.